The van der Waals surface area contributed by atoms with Crippen molar-refractivity contribution in [1.82, 2.24) is 4.31 Å². The van der Waals surface area contributed by atoms with Gasteiger partial charge in [0, 0.05) is 12.6 Å². The van der Waals surface area contributed by atoms with E-state index in [0.29, 0.717) is 6.61 Å². The summed E-state index contributed by atoms with van der Waals surface area (Å²) in [6, 6.07) is 5.81. The molecule has 112 valence electrons. The van der Waals surface area contributed by atoms with Gasteiger partial charge in [0.1, 0.15) is 5.82 Å². The fourth-order valence-electron chi connectivity index (χ4n) is 2.37. The Morgan fingerprint density at radius 2 is 2.05 bits per heavy atom. The van der Waals surface area contributed by atoms with E-state index in [1.807, 2.05) is 6.92 Å². The third-order valence-electron chi connectivity index (χ3n) is 3.43. The average molecular weight is 301 g/mol. The quantitative estimate of drug-likeness (QED) is 0.856. The van der Waals surface area contributed by atoms with Gasteiger partial charge in [-0.25, -0.2) is 12.8 Å². The van der Waals surface area contributed by atoms with Crippen LogP contribution in [0.2, 0.25) is 0 Å². The van der Waals surface area contributed by atoms with Crippen LogP contribution in [0, 0.1) is 5.82 Å². The van der Waals surface area contributed by atoms with Gasteiger partial charge in [-0.1, -0.05) is 25.5 Å². The van der Waals surface area contributed by atoms with Gasteiger partial charge < -0.3 is 4.74 Å². The zero-order valence-corrected chi connectivity index (χ0v) is 12.4. The molecule has 1 aliphatic rings. The van der Waals surface area contributed by atoms with E-state index in [4.69, 9.17) is 4.74 Å². The molecule has 1 atom stereocenters. The van der Waals surface area contributed by atoms with Crippen LogP contribution in [0.5, 0.6) is 0 Å². The minimum Gasteiger partial charge on any atom is -0.379 e. The van der Waals surface area contributed by atoms with Gasteiger partial charge in [0.05, 0.1) is 19.0 Å². The van der Waals surface area contributed by atoms with E-state index >= 15 is 0 Å². The SMILES string of the molecule is CCC[C@H]1COCCS(=O)(=O)N1Cc1ccc(F)cc1. The summed E-state index contributed by atoms with van der Waals surface area (Å²) in [5.74, 6) is -0.310. The number of ether oxygens (including phenoxy) is 1. The summed E-state index contributed by atoms with van der Waals surface area (Å²) in [6.07, 6.45) is 1.66. The molecule has 0 unspecified atom stereocenters. The standard InChI is InChI=1S/C14H20FNO3S/c1-2-3-14-11-19-8-9-20(17,18)16(14)10-12-4-6-13(15)7-5-12/h4-7,14H,2-3,8-11H2,1H3/t14-/m0/s1. The summed E-state index contributed by atoms with van der Waals surface area (Å²) in [4.78, 5) is 0. The number of benzene rings is 1. The molecule has 4 nitrogen and oxygen atoms in total. The Bertz CT molecular complexity index is 530. The van der Waals surface area contributed by atoms with E-state index in [0.717, 1.165) is 18.4 Å². The molecule has 0 radical (unpaired) electrons. The van der Waals surface area contributed by atoms with Gasteiger partial charge in [-0.05, 0) is 24.1 Å². The van der Waals surface area contributed by atoms with E-state index in [2.05, 4.69) is 0 Å². The van der Waals surface area contributed by atoms with Crippen molar-refractivity contribution in [1.29, 1.82) is 0 Å². The third-order valence-corrected chi connectivity index (χ3v) is 5.26. The predicted octanol–water partition coefficient (Wildman–Crippen LogP) is 2.16. The van der Waals surface area contributed by atoms with Crippen molar-refractivity contribution in [3.63, 3.8) is 0 Å². The molecular weight excluding hydrogens is 281 g/mol. The monoisotopic (exact) mass is 301 g/mol. The Kier molecular flexibility index (Phi) is 5.12. The lowest BCUT2D eigenvalue weighted by molar-refractivity contribution is 0.105. The molecule has 1 aromatic carbocycles. The average Bonchev–Trinajstić information content (AvgIpc) is 2.54. The molecule has 20 heavy (non-hydrogen) atoms. The molecule has 0 aromatic heterocycles. The van der Waals surface area contributed by atoms with E-state index < -0.39 is 10.0 Å². The Labute approximate surface area is 119 Å². The first-order valence-corrected chi connectivity index (χ1v) is 8.45. The Hall–Kier alpha value is -0.980. The van der Waals surface area contributed by atoms with Crippen LogP contribution in [0.4, 0.5) is 4.39 Å². The van der Waals surface area contributed by atoms with Crippen molar-refractivity contribution in [3.8, 4) is 0 Å². The van der Waals surface area contributed by atoms with Gasteiger partial charge in [0.15, 0.2) is 0 Å². The van der Waals surface area contributed by atoms with E-state index in [1.165, 1.54) is 16.4 Å². The van der Waals surface area contributed by atoms with Crippen LogP contribution in [0.25, 0.3) is 0 Å². The van der Waals surface area contributed by atoms with Crippen molar-refractivity contribution in [3.05, 3.63) is 35.6 Å². The van der Waals surface area contributed by atoms with Crippen LogP contribution in [0.3, 0.4) is 0 Å². The maximum absolute atomic E-state index is 12.9. The minimum atomic E-state index is -3.33. The highest BCUT2D eigenvalue weighted by Gasteiger charge is 2.32. The second-order valence-corrected chi connectivity index (χ2v) is 7.05. The van der Waals surface area contributed by atoms with Crippen LogP contribution in [0.15, 0.2) is 24.3 Å². The predicted molar refractivity (Wildman–Crippen MR) is 75.2 cm³/mol. The third kappa shape index (κ3) is 3.77. The van der Waals surface area contributed by atoms with E-state index in [1.54, 1.807) is 12.1 Å². The van der Waals surface area contributed by atoms with Crippen molar-refractivity contribution in [2.45, 2.75) is 32.4 Å². The highest BCUT2D eigenvalue weighted by Crippen LogP contribution is 2.20. The molecule has 0 amide bonds. The van der Waals surface area contributed by atoms with Gasteiger partial charge in [0.25, 0.3) is 0 Å². The number of hydrogen-bond donors (Lipinski definition) is 0. The molecule has 1 heterocycles. The van der Waals surface area contributed by atoms with Crippen molar-refractivity contribution < 1.29 is 17.5 Å². The Morgan fingerprint density at radius 1 is 1.35 bits per heavy atom. The lowest BCUT2D eigenvalue weighted by Gasteiger charge is -2.28. The molecule has 6 heteroatoms. The van der Waals surface area contributed by atoms with Crippen molar-refractivity contribution >= 4 is 10.0 Å². The van der Waals surface area contributed by atoms with Gasteiger partial charge in [-0.2, -0.15) is 4.31 Å². The molecule has 1 fully saturated rings. The highest BCUT2D eigenvalue weighted by molar-refractivity contribution is 7.89. The summed E-state index contributed by atoms with van der Waals surface area (Å²) in [5, 5.41) is 0. The number of halogens is 1. The zero-order chi connectivity index (χ0) is 14.6. The second kappa shape index (κ2) is 6.65. The number of rotatable bonds is 4. The molecule has 0 saturated carbocycles. The number of nitrogens with zero attached hydrogens (tertiary/aromatic N) is 1. The number of sulfonamides is 1. The van der Waals surface area contributed by atoms with E-state index in [9.17, 15) is 12.8 Å². The molecule has 0 bridgehead atoms. The van der Waals surface area contributed by atoms with Crippen LogP contribution >= 0.6 is 0 Å². The fraction of sp³-hybridized carbons (Fsp3) is 0.571. The molecule has 1 saturated heterocycles. The van der Waals surface area contributed by atoms with Gasteiger partial charge in [0.2, 0.25) is 10.0 Å². The lowest BCUT2D eigenvalue weighted by atomic mass is 10.1. The molecule has 0 N–H and O–H groups in total. The first-order chi connectivity index (χ1) is 9.53. The molecular formula is C14H20FNO3S. The van der Waals surface area contributed by atoms with Crippen LogP contribution in [-0.2, 0) is 21.3 Å². The number of hydrogen-bond acceptors (Lipinski definition) is 3. The van der Waals surface area contributed by atoms with Gasteiger partial charge in [-0.15, -0.1) is 0 Å². The normalized spacial score (nSPS) is 23.4. The lowest BCUT2D eigenvalue weighted by Crippen LogP contribution is -2.41. The molecule has 0 spiro atoms. The molecule has 1 aliphatic heterocycles. The zero-order valence-electron chi connectivity index (χ0n) is 11.6. The van der Waals surface area contributed by atoms with E-state index in [-0.39, 0.29) is 30.8 Å². The summed E-state index contributed by atoms with van der Waals surface area (Å²) in [6.45, 7) is 2.96. The fourth-order valence-corrected chi connectivity index (χ4v) is 3.90. The molecule has 0 aliphatic carbocycles. The summed E-state index contributed by atoms with van der Waals surface area (Å²) in [5.41, 5.74) is 0.790. The van der Waals surface area contributed by atoms with Crippen molar-refractivity contribution in [2.75, 3.05) is 19.0 Å². The largest absolute Gasteiger partial charge is 0.379 e. The first kappa shape index (κ1) is 15.4. The summed E-state index contributed by atoms with van der Waals surface area (Å²) >= 11 is 0. The maximum atomic E-state index is 12.9. The first-order valence-electron chi connectivity index (χ1n) is 6.84. The summed E-state index contributed by atoms with van der Waals surface area (Å²) < 4.78 is 44.5. The minimum absolute atomic E-state index is 0.00834. The summed E-state index contributed by atoms with van der Waals surface area (Å²) in [7, 11) is -3.33. The topological polar surface area (TPSA) is 46.6 Å². The van der Waals surface area contributed by atoms with Crippen LogP contribution in [0.1, 0.15) is 25.3 Å². The van der Waals surface area contributed by atoms with Gasteiger partial charge in [-0.3, -0.25) is 0 Å². The van der Waals surface area contributed by atoms with Crippen LogP contribution in [-0.4, -0.2) is 37.7 Å². The molecule has 1 aromatic rings. The van der Waals surface area contributed by atoms with Crippen LogP contribution < -0.4 is 0 Å². The molecule has 2 rings (SSSR count). The Balaban J connectivity index is 2.23. The highest BCUT2D eigenvalue weighted by atomic mass is 32.2. The van der Waals surface area contributed by atoms with Crippen molar-refractivity contribution in [2.24, 2.45) is 0 Å². The van der Waals surface area contributed by atoms with Gasteiger partial charge >= 0.3 is 0 Å². The Morgan fingerprint density at radius 3 is 2.70 bits per heavy atom. The smallest absolute Gasteiger partial charge is 0.217 e. The maximum Gasteiger partial charge on any atom is 0.217 e. The second-order valence-electron chi connectivity index (χ2n) is 5.01.